The number of carbonyl (C=O) groups excluding carboxylic acids is 1. The van der Waals surface area contributed by atoms with Gasteiger partial charge in [0.25, 0.3) is 0 Å². The Balaban J connectivity index is 1.48. The average molecular weight is 436 g/mol. The van der Waals surface area contributed by atoms with Gasteiger partial charge in [-0.1, -0.05) is 55.5 Å². The van der Waals surface area contributed by atoms with Gasteiger partial charge in [0, 0.05) is 37.2 Å². The van der Waals surface area contributed by atoms with Crippen LogP contribution in [0.4, 0.5) is 5.95 Å². The second kappa shape index (κ2) is 9.80. The van der Waals surface area contributed by atoms with Gasteiger partial charge >= 0.3 is 0 Å². The summed E-state index contributed by atoms with van der Waals surface area (Å²) in [4.78, 5) is 24.0. The fourth-order valence-corrected chi connectivity index (χ4v) is 4.15. The number of carbonyl (C=O) groups is 1. The van der Waals surface area contributed by atoms with E-state index in [1.165, 1.54) is 11.5 Å². The molecule has 1 unspecified atom stereocenters. The number of benzene rings is 2. The summed E-state index contributed by atoms with van der Waals surface area (Å²) >= 11 is 1.36. The lowest BCUT2D eigenvalue weighted by Gasteiger charge is -2.29. The first-order valence-corrected chi connectivity index (χ1v) is 11.0. The standard InChI is InChI=1S/C23H25N5O2S/c1-16(18-9-6-10-19(15-18)20(29)17-7-4-3-5-8-17)21-25-22(27-31-21)26-23(24-2)28-11-13-30-14-12-28/h3-10,15-16H,11-14H2,1-2H3,(H,24,26,27). The molecule has 1 atom stereocenters. The first kappa shape index (κ1) is 21.1. The van der Waals surface area contributed by atoms with Crippen molar-refractivity contribution in [1.29, 1.82) is 0 Å². The minimum atomic E-state index is 0.0157. The first-order valence-electron chi connectivity index (χ1n) is 10.3. The number of aliphatic imine (C=N–C) groups is 1. The lowest BCUT2D eigenvalue weighted by molar-refractivity contribution is 0.0679. The Morgan fingerprint density at radius 1 is 1.13 bits per heavy atom. The number of morpholine rings is 1. The van der Waals surface area contributed by atoms with E-state index in [-0.39, 0.29) is 11.7 Å². The second-order valence-corrected chi connectivity index (χ2v) is 8.05. The highest BCUT2D eigenvalue weighted by molar-refractivity contribution is 7.05. The molecular formula is C23H25N5O2S. The molecule has 0 aliphatic carbocycles. The van der Waals surface area contributed by atoms with Gasteiger partial charge in [-0.05, 0) is 23.2 Å². The minimum absolute atomic E-state index is 0.0157. The lowest BCUT2D eigenvalue weighted by atomic mass is 9.96. The van der Waals surface area contributed by atoms with Crippen LogP contribution >= 0.6 is 11.5 Å². The van der Waals surface area contributed by atoms with E-state index in [9.17, 15) is 4.79 Å². The van der Waals surface area contributed by atoms with Gasteiger partial charge in [-0.25, -0.2) is 4.98 Å². The third-order valence-electron chi connectivity index (χ3n) is 5.24. The zero-order chi connectivity index (χ0) is 21.6. The number of aromatic nitrogens is 2. The molecule has 1 aromatic heterocycles. The molecule has 0 bridgehead atoms. The number of ether oxygens (including phenoxy) is 1. The van der Waals surface area contributed by atoms with E-state index in [0.29, 0.717) is 30.3 Å². The highest BCUT2D eigenvalue weighted by atomic mass is 32.1. The number of anilines is 1. The smallest absolute Gasteiger partial charge is 0.241 e. The van der Waals surface area contributed by atoms with E-state index in [4.69, 9.17) is 4.74 Å². The van der Waals surface area contributed by atoms with Crippen LogP contribution < -0.4 is 5.32 Å². The molecule has 160 valence electrons. The normalized spacial score (nSPS) is 15.5. The van der Waals surface area contributed by atoms with E-state index < -0.39 is 0 Å². The molecule has 8 heteroatoms. The van der Waals surface area contributed by atoms with Crippen molar-refractivity contribution in [2.24, 2.45) is 4.99 Å². The molecule has 1 aliphatic heterocycles. The van der Waals surface area contributed by atoms with Crippen molar-refractivity contribution < 1.29 is 9.53 Å². The van der Waals surface area contributed by atoms with Crippen LogP contribution in [0.2, 0.25) is 0 Å². The molecule has 1 saturated heterocycles. The Hall–Kier alpha value is -3.10. The van der Waals surface area contributed by atoms with Gasteiger partial charge in [-0.2, -0.15) is 4.37 Å². The van der Waals surface area contributed by atoms with Crippen LogP contribution in [0.1, 0.15) is 39.3 Å². The summed E-state index contributed by atoms with van der Waals surface area (Å²) in [5, 5.41) is 4.11. The van der Waals surface area contributed by atoms with Crippen LogP contribution in [-0.2, 0) is 4.74 Å². The number of ketones is 1. The maximum Gasteiger partial charge on any atom is 0.241 e. The number of nitrogens with zero attached hydrogens (tertiary/aromatic N) is 4. The van der Waals surface area contributed by atoms with Crippen molar-refractivity contribution in [3.05, 3.63) is 76.3 Å². The summed E-state index contributed by atoms with van der Waals surface area (Å²) in [6.07, 6.45) is 0. The van der Waals surface area contributed by atoms with E-state index in [2.05, 4.69) is 31.5 Å². The van der Waals surface area contributed by atoms with Crippen molar-refractivity contribution in [2.45, 2.75) is 12.8 Å². The quantitative estimate of drug-likeness (QED) is 0.374. The predicted molar refractivity (Wildman–Crippen MR) is 123 cm³/mol. The lowest BCUT2D eigenvalue weighted by Crippen LogP contribution is -2.44. The summed E-state index contributed by atoms with van der Waals surface area (Å²) in [6, 6.07) is 17.1. The zero-order valence-electron chi connectivity index (χ0n) is 17.6. The highest BCUT2D eigenvalue weighted by Crippen LogP contribution is 2.27. The van der Waals surface area contributed by atoms with E-state index in [0.717, 1.165) is 29.6 Å². The third-order valence-corrected chi connectivity index (χ3v) is 6.14. The fraction of sp³-hybridized carbons (Fsp3) is 0.304. The van der Waals surface area contributed by atoms with Crippen LogP contribution in [0.15, 0.2) is 59.6 Å². The largest absolute Gasteiger partial charge is 0.378 e. The molecule has 0 spiro atoms. The number of rotatable bonds is 5. The van der Waals surface area contributed by atoms with Crippen molar-refractivity contribution in [3.8, 4) is 0 Å². The zero-order valence-corrected chi connectivity index (χ0v) is 18.4. The molecule has 0 radical (unpaired) electrons. The van der Waals surface area contributed by atoms with Crippen molar-refractivity contribution >= 4 is 29.2 Å². The topological polar surface area (TPSA) is 79.7 Å². The van der Waals surface area contributed by atoms with E-state index in [1.807, 2.05) is 54.6 Å². The van der Waals surface area contributed by atoms with Gasteiger partial charge in [0.2, 0.25) is 11.9 Å². The number of guanidine groups is 1. The highest BCUT2D eigenvalue weighted by Gasteiger charge is 2.19. The van der Waals surface area contributed by atoms with Crippen molar-refractivity contribution in [1.82, 2.24) is 14.3 Å². The molecule has 4 rings (SSSR count). The molecule has 1 aliphatic rings. The first-order chi connectivity index (χ1) is 15.2. The third kappa shape index (κ3) is 4.98. The van der Waals surface area contributed by atoms with E-state index in [1.54, 1.807) is 7.05 Å². The van der Waals surface area contributed by atoms with Crippen LogP contribution in [0.5, 0.6) is 0 Å². The molecule has 0 amide bonds. The van der Waals surface area contributed by atoms with Gasteiger partial charge in [0.1, 0.15) is 5.01 Å². The average Bonchev–Trinajstić information content (AvgIpc) is 3.31. The van der Waals surface area contributed by atoms with Crippen LogP contribution in [0, 0.1) is 0 Å². The fourth-order valence-electron chi connectivity index (χ4n) is 3.46. The molecule has 2 heterocycles. The Morgan fingerprint density at radius 2 is 1.87 bits per heavy atom. The molecule has 3 aromatic rings. The molecule has 0 saturated carbocycles. The molecule has 1 N–H and O–H groups in total. The molecular weight excluding hydrogens is 410 g/mol. The van der Waals surface area contributed by atoms with Gasteiger partial charge in [-0.15, -0.1) is 0 Å². The summed E-state index contributed by atoms with van der Waals surface area (Å²) in [7, 11) is 1.75. The van der Waals surface area contributed by atoms with E-state index >= 15 is 0 Å². The number of nitrogens with one attached hydrogen (secondary N) is 1. The van der Waals surface area contributed by atoms with Gasteiger partial charge in [0.15, 0.2) is 5.78 Å². The van der Waals surface area contributed by atoms with Crippen LogP contribution in [-0.4, -0.2) is 59.4 Å². The summed E-state index contributed by atoms with van der Waals surface area (Å²) < 4.78 is 9.87. The molecule has 2 aromatic carbocycles. The van der Waals surface area contributed by atoms with Gasteiger partial charge in [0.05, 0.1) is 13.2 Å². The summed E-state index contributed by atoms with van der Waals surface area (Å²) in [5.41, 5.74) is 2.39. The molecule has 31 heavy (non-hydrogen) atoms. The number of hydrogen-bond donors (Lipinski definition) is 1. The van der Waals surface area contributed by atoms with Crippen molar-refractivity contribution in [2.75, 3.05) is 38.7 Å². The summed E-state index contributed by atoms with van der Waals surface area (Å²) in [5.74, 6) is 1.32. The Bertz CT molecular complexity index is 1060. The minimum Gasteiger partial charge on any atom is -0.378 e. The number of hydrogen-bond acceptors (Lipinski definition) is 6. The maximum atomic E-state index is 12.8. The monoisotopic (exact) mass is 435 g/mol. The maximum absolute atomic E-state index is 12.8. The van der Waals surface area contributed by atoms with Crippen LogP contribution in [0.25, 0.3) is 0 Å². The predicted octanol–water partition coefficient (Wildman–Crippen LogP) is 3.65. The van der Waals surface area contributed by atoms with Crippen LogP contribution in [0.3, 0.4) is 0 Å². The summed E-state index contributed by atoms with van der Waals surface area (Å²) in [6.45, 7) is 5.02. The van der Waals surface area contributed by atoms with Gasteiger partial charge < -0.3 is 9.64 Å². The molecule has 7 nitrogen and oxygen atoms in total. The Labute approximate surface area is 186 Å². The van der Waals surface area contributed by atoms with Crippen molar-refractivity contribution in [3.63, 3.8) is 0 Å². The molecule has 1 fully saturated rings. The Kier molecular flexibility index (Phi) is 6.69. The Morgan fingerprint density at radius 3 is 2.61 bits per heavy atom. The second-order valence-electron chi connectivity index (χ2n) is 7.27. The van der Waals surface area contributed by atoms with Gasteiger partial charge in [-0.3, -0.25) is 15.1 Å². The SMILES string of the molecule is CN=C(Nc1nsc(C(C)c2cccc(C(=O)c3ccccc3)c2)n1)N1CCOCC1.